The van der Waals surface area contributed by atoms with Crippen LogP contribution in [0.25, 0.3) is 0 Å². The number of carbonyl (C=O) groups is 1. The number of carbonyl (C=O) groups excluding carboxylic acids is 1. The average Bonchev–Trinajstić information content (AvgIpc) is 2.60. The van der Waals surface area contributed by atoms with Gasteiger partial charge in [-0.2, -0.15) is 0 Å². The van der Waals surface area contributed by atoms with Crippen LogP contribution in [0.1, 0.15) is 27.0 Å². The molecule has 0 aliphatic rings. The van der Waals surface area contributed by atoms with Crippen LogP contribution >= 0.6 is 0 Å². The van der Waals surface area contributed by atoms with Gasteiger partial charge in [-0.1, -0.05) is 42.0 Å². The van der Waals surface area contributed by atoms with Gasteiger partial charge in [0.2, 0.25) is 0 Å². The Balaban J connectivity index is 1.75. The minimum atomic E-state index is -0.238. The summed E-state index contributed by atoms with van der Waals surface area (Å²) in [6.45, 7) is 4.41. The number of pyridine rings is 1. The molecular formula is C21H20N2O2. The molecule has 0 saturated heterocycles. The number of anilines is 1. The molecule has 4 heteroatoms. The number of aromatic nitrogens is 1. The zero-order valence-corrected chi connectivity index (χ0v) is 14.3. The summed E-state index contributed by atoms with van der Waals surface area (Å²) >= 11 is 0. The Bertz CT molecular complexity index is 890. The van der Waals surface area contributed by atoms with Gasteiger partial charge in [-0.3, -0.25) is 4.79 Å². The summed E-state index contributed by atoms with van der Waals surface area (Å²) < 4.78 is 5.88. The topological polar surface area (TPSA) is 51.2 Å². The van der Waals surface area contributed by atoms with Gasteiger partial charge in [-0.25, -0.2) is 4.98 Å². The summed E-state index contributed by atoms with van der Waals surface area (Å²) in [5.41, 5.74) is 3.76. The second kappa shape index (κ2) is 7.62. The minimum Gasteiger partial charge on any atom is -0.488 e. The highest BCUT2D eigenvalue weighted by atomic mass is 16.5. The zero-order valence-electron chi connectivity index (χ0n) is 14.3. The molecule has 2 aromatic carbocycles. The van der Waals surface area contributed by atoms with Crippen molar-refractivity contribution in [2.24, 2.45) is 0 Å². The van der Waals surface area contributed by atoms with E-state index in [-0.39, 0.29) is 5.91 Å². The van der Waals surface area contributed by atoms with Gasteiger partial charge in [-0.05, 0) is 49.2 Å². The summed E-state index contributed by atoms with van der Waals surface area (Å²) in [6.07, 6.45) is 1.67. The third-order valence-electron chi connectivity index (χ3n) is 3.77. The van der Waals surface area contributed by atoms with Gasteiger partial charge >= 0.3 is 0 Å². The molecule has 1 heterocycles. The first-order chi connectivity index (χ1) is 12.1. The van der Waals surface area contributed by atoms with E-state index >= 15 is 0 Å². The number of hydrogen-bond acceptors (Lipinski definition) is 3. The monoisotopic (exact) mass is 332 g/mol. The Labute approximate surface area is 147 Å². The molecular weight excluding hydrogens is 312 g/mol. The minimum absolute atomic E-state index is 0.238. The Kier molecular flexibility index (Phi) is 5.09. The number of nitrogens with zero attached hydrogens (tertiary/aromatic N) is 1. The molecule has 0 bridgehead atoms. The third kappa shape index (κ3) is 4.44. The predicted molar refractivity (Wildman–Crippen MR) is 98.9 cm³/mol. The number of aryl methyl sites for hydroxylation is 2. The highest BCUT2D eigenvalue weighted by Gasteiger charge is 2.13. The fourth-order valence-electron chi connectivity index (χ4n) is 2.53. The number of hydrogen-bond donors (Lipinski definition) is 1. The molecule has 1 N–H and O–H groups in total. The molecule has 0 saturated carbocycles. The molecule has 1 amide bonds. The van der Waals surface area contributed by atoms with Crippen molar-refractivity contribution >= 4 is 11.7 Å². The lowest BCUT2D eigenvalue weighted by molar-refractivity contribution is 0.102. The molecule has 0 unspecified atom stereocenters. The van der Waals surface area contributed by atoms with E-state index < -0.39 is 0 Å². The molecule has 0 fully saturated rings. The third-order valence-corrected chi connectivity index (χ3v) is 3.77. The van der Waals surface area contributed by atoms with E-state index in [1.165, 1.54) is 5.56 Å². The van der Waals surface area contributed by atoms with Gasteiger partial charge in [-0.15, -0.1) is 0 Å². The van der Waals surface area contributed by atoms with Crippen molar-refractivity contribution in [2.75, 3.05) is 5.32 Å². The highest BCUT2D eigenvalue weighted by Crippen LogP contribution is 2.21. The zero-order chi connectivity index (χ0) is 17.6. The van der Waals surface area contributed by atoms with Crippen LogP contribution in [0, 0.1) is 13.8 Å². The second-order valence-electron chi connectivity index (χ2n) is 5.95. The molecule has 0 aliphatic carbocycles. The van der Waals surface area contributed by atoms with Gasteiger partial charge in [0.15, 0.2) is 0 Å². The summed E-state index contributed by atoms with van der Waals surface area (Å²) in [5.74, 6) is 0.839. The molecule has 0 radical (unpaired) electrons. The van der Waals surface area contributed by atoms with Gasteiger partial charge in [0, 0.05) is 6.20 Å². The molecule has 1 aromatic heterocycles. The molecule has 126 valence electrons. The van der Waals surface area contributed by atoms with Crippen LogP contribution in [-0.4, -0.2) is 10.9 Å². The molecule has 0 atom stereocenters. The van der Waals surface area contributed by atoms with Crippen LogP contribution in [0.2, 0.25) is 0 Å². The largest absolute Gasteiger partial charge is 0.488 e. The quantitative estimate of drug-likeness (QED) is 0.747. The van der Waals surface area contributed by atoms with E-state index in [1.54, 1.807) is 18.3 Å². The molecule has 0 spiro atoms. The van der Waals surface area contributed by atoms with Gasteiger partial charge in [0.05, 0.1) is 5.56 Å². The lowest BCUT2D eigenvalue weighted by Gasteiger charge is -2.12. The lowest BCUT2D eigenvalue weighted by Crippen LogP contribution is -2.14. The maximum Gasteiger partial charge on any atom is 0.260 e. The Morgan fingerprint density at radius 1 is 1.00 bits per heavy atom. The van der Waals surface area contributed by atoms with Crippen molar-refractivity contribution in [3.05, 3.63) is 89.1 Å². The van der Waals surface area contributed by atoms with Crippen molar-refractivity contribution in [1.29, 1.82) is 0 Å². The Morgan fingerprint density at radius 3 is 2.60 bits per heavy atom. The Morgan fingerprint density at radius 2 is 1.80 bits per heavy atom. The van der Waals surface area contributed by atoms with Crippen LogP contribution < -0.4 is 10.1 Å². The SMILES string of the molecule is Cc1cccc(COc2ccccc2C(=O)Nc2cc(C)ccn2)c1. The number of rotatable bonds is 5. The van der Waals surface area contributed by atoms with Crippen molar-refractivity contribution in [3.8, 4) is 5.75 Å². The van der Waals surface area contributed by atoms with Gasteiger partial charge in [0.1, 0.15) is 18.2 Å². The maximum absolute atomic E-state index is 12.6. The van der Waals surface area contributed by atoms with Gasteiger partial charge < -0.3 is 10.1 Å². The van der Waals surface area contributed by atoms with E-state index in [0.717, 1.165) is 11.1 Å². The molecule has 25 heavy (non-hydrogen) atoms. The van der Waals surface area contributed by atoms with Crippen LogP contribution in [0.15, 0.2) is 66.9 Å². The van der Waals surface area contributed by atoms with E-state index in [2.05, 4.69) is 16.4 Å². The smallest absolute Gasteiger partial charge is 0.260 e. The van der Waals surface area contributed by atoms with E-state index in [0.29, 0.717) is 23.7 Å². The van der Waals surface area contributed by atoms with Crippen LogP contribution in [0.5, 0.6) is 5.75 Å². The average molecular weight is 332 g/mol. The summed E-state index contributed by atoms with van der Waals surface area (Å²) in [4.78, 5) is 16.7. The predicted octanol–water partition coefficient (Wildman–Crippen LogP) is 4.53. The first kappa shape index (κ1) is 16.7. The molecule has 3 rings (SSSR count). The van der Waals surface area contributed by atoms with Gasteiger partial charge in [0.25, 0.3) is 5.91 Å². The molecule has 0 aliphatic heterocycles. The number of ether oxygens (including phenoxy) is 1. The summed E-state index contributed by atoms with van der Waals surface area (Å²) in [6, 6.07) is 19.0. The number of nitrogens with one attached hydrogen (secondary N) is 1. The lowest BCUT2D eigenvalue weighted by atomic mass is 10.1. The van der Waals surface area contributed by atoms with E-state index in [4.69, 9.17) is 4.74 Å². The highest BCUT2D eigenvalue weighted by molar-refractivity contribution is 6.05. The fraction of sp³-hybridized carbons (Fsp3) is 0.143. The van der Waals surface area contributed by atoms with Crippen molar-refractivity contribution < 1.29 is 9.53 Å². The maximum atomic E-state index is 12.6. The van der Waals surface area contributed by atoms with Crippen LogP contribution in [0.4, 0.5) is 5.82 Å². The first-order valence-electron chi connectivity index (χ1n) is 8.13. The number of amides is 1. The molecule has 3 aromatic rings. The normalized spacial score (nSPS) is 10.3. The summed E-state index contributed by atoms with van der Waals surface area (Å²) in [5, 5.41) is 2.82. The standard InChI is InChI=1S/C21H20N2O2/c1-15-6-5-7-17(12-15)14-25-19-9-4-3-8-18(19)21(24)23-20-13-16(2)10-11-22-20/h3-13H,14H2,1-2H3,(H,22,23,24). The number of benzene rings is 2. The number of para-hydroxylation sites is 1. The van der Waals surface area contributed by atoms with Crippen molar-refractivity contribution in [1.82, 2.24) is 4.98 Å². The van der Waals surface area contributed by atoms with E-state index in [1.807, 2.05) is 56.3 Å². The second-order valence-corrected chi connectivity index (χ2v) is 5.95. The van der Waals surface area contributed by atoms with Crippen molar-refractivity contribution in [2.45, 2.75) is 20.5 Å². The van der Waals surface area contributed by atoms with Crippen LogP contribution in [0.3, 0.4) is 0 Å². The van der Waals surface area contributed by atoms with Crippen molar-refractivity contribution in [3.63, 3.8) is 0 Å². The summed E-state index contributed by atoms with van der Waals surface area (Å²) in [7, 11) is 0. The Hall–Kier alpha value is -3.14. The molecule has 4 nitrogen and oxygen atoms in total. The fourth-order valence-corrected chi connectivity index (χ4v) is 2.53. The first-order valence-corrected chi connectivity index (χ1v) is 8.13. The van der Waals surface area contributed by atoms with Crippen LogP contribution in [-0.2, 0) is 6.61 Å². The van der Waals surface area contributed by atoms with E-state index in [9.17, 15) is 4.79 Å².